The van der Waals surface area contributed by atoms with Crippen molar-refractivity contribution in [2.75, 3.05) is 12.3 Å². The van der Waals surface area contributed by atoms with Crippen LogP contribution in [0.2, 0.25) is 0 Å². The summed E-state index contributed by atoms with van der Waals surface area (Å²) < 4.78 is 5.80. The molecule has 1 heterocycles. The Morgan fingerprint density at radius 1 is 1.39 bits per heavy atom. The predicted octanol–water partition coefficient (Wildman–Crippen LogP) is 1.27. The van der Waals surface area contributed by atoms with Crippen molar-refractivity contribution in [3.8, 4) is 0 Å². The minimum Gasteiger partial charge on any atom is -0.449 e. The molecular weight excluding hydrogens is 320 g/mol. The molecule has 122 valence electrons. The van der Waals surface area contributed by atoms with E-state index < -0.39 is 24.0 Å². The van der Waals surface area contributed by atoms with Crippen LogP contribution in [0.1, 0.15) is 24.2 Å². The van der Waals surface area contributed by atoms with Crippen LogP contribution >= 0.6 is 11.3 Å². The van der Waals surface area contributed by atoms with Gasteiger partial charge in [-0.15, -0.1) is 0 Å². The second kappa shape index (κ2) is 7.05. The van der Waals surface area contributed by atoms with Crippen molar-refractivity contribution < 1.29 is 19.1 Å². The smallest absolute Gasteiger partial charge is 0.338 e. The molecule has 9 heteroatoms. The van der Waals surface area contributed by atoms with Crippen molar-refractivity contribution in [2.45, 2.75) is 20.0 Å². The van der Waals surface area contributed by atoms with Gasteiger partial charge in [-0.1, -0.05) is 11.3 Å². The molecular formula is C14H16N4O4S. The first-order valence-electron chi connectivity index (χ1n) is 6.86. The van der Waals surface area contributed by atoms with Crippen LogP contribution < -0.4 is 16.4 Å². The summed E-state index contributed by atoms with van der Waals surface area (Å²) in [5.41, 5.74) is 6.57. The molecule has 1 unspecified atom stereocenters. The number of anilines is 1. The highest BCUT2D eigenvalue weighted by molar-refractivity contribution is 7.22. The van der Waals surface area contributed by atoms with Crippen LogP contribution in [0.4, 0.5) is 9.93 Å². The molecule has 1 atom stereocenters. The largest absolute Gasteiger partial charge is 0.449 e. The van der Waals surface area contributed by atoms with E-state index in [1.54, 1.807) is 19.1 Å². The Morgan fingerprint density at radius 2 is 2.13 bits per heavy atom. The summed E-state index contributed by atoms with van der Waals surface area (Å²) in [7, 11) is 0. The Hall–Kier alpha value is -2.68. The maximum absolute atomic E-state index is 12.1. The molecule has 4 N–H and O–H groups in total. The van der Waals surface area contributed by atoms with Gasteiger partial charge in [-0.3, -0.25) is 10.1 Å². The number of fused-ring (bicyclic) bond motifs is 1. The van der Waals surface area contributed by atoms with Crippen molar-refractivity contribution in [1.29, 1.82) is 0 Å². The highest BCUT2D eigenvalue weighted by Crippen LogP contribution is 2.24. The number of esters is 1. The number of nitrogens with two attached hydrogens (primary N) is 1. The number of nitrogens with zero attached hydrogens (tertiary/aromatic N) is 1. The third-order valence-corrected chi connectivity index (χ3v) is 3.72. The van der Waals surface area contributed by atoms with E-state index in [9.17, 15) is 14.4 Å². The maximum atomic E-state index is 12.1. The van der Waals surface area contributed by atoms with Crippen LogP contribution in [0.25, 0.3) is 10.2 Å². The lowest BCUT2D eigenvalue weighted by atomic mass is 10.2. The molecule has 1 aromatic heterocycles. The first kappa shape index (κ1) is 16.7. The van der Waals surface area contributed by atoms with Gasteiger partial charge in [0.25, 0.3) is 5.91 Å². The molecule has 3 amide bonds. The lowest BCUT2D eigenvalue weighted by molar-refractivity contribution is -0.127. The molecule has 0 fully saturated rings. The summed E-state index contributed by atoms with van der Waals surface area (Å²) >= 11 is 1.25. The third kappa shape index (κ3) is 4.16. The Kier molecular flexibility index (Phi) is 5.12. The van der Waals surface area contributed by atoms with Gasteiger partial charge < -0.3 is 15.8 Å². The van der Waals surface area contributed by atoms with Crippen molar-refractivity contribution in [1.82, 2.24) is 15.6 Å². The Bertz CT molecular complexity index is 758. The second-order valence-electron chi connectivity index (χ2n) is 4.63. The average molecular weight is 336 g/mol. The fourth-order valence-corrected chi connectivity index (χ4v) is 2.54. The highest BCUT2D eigenvalue weighted by Gasteiger charge is 2.21. The number of imide groups is 1. The van der Waals surface area contributed by atoms with Crippen LogP contribution in [0.5, 0.6) is 0 Å². The molecule has 0 aliphatic heterocycles. The lowest BCUT2D eigenvalue weighted by Gasteiger charge is -2.13. The Balaban J connectivity index is 2.01. The maximum Gasteiger partial charge on any atom is 0.338 e. The quantitative estimate of drug-likeness (QED) is 0.722. The molecule has 1 aromatic carbocycles. The summed E-state index contributed by atoms with van der Waals surface area (Å²) in [4.78, 5) is 39.2. The molecule has 2 rings (SSSR count). The number of amides is 3. The lowest BCUT2D eigenvalue weighted by Crippen LogP contribution is -2.44. The number of hydrogen-bond acceptors (Lipinski definition) is 7. The first-order valence-corrected chi connectivity index (χ1v) is 7.68. The van der Waals surface area contributed by atoms with Gasteiger partial charge in [-0.25, -0.2) is 14.6 Å². The molecule has 2 aromatic rings. The van der Waals surface area contributed by atoms with Crippen molar-refractivity contribution in [3.05, 3.63) is 23.8 Å². The number of hydrogen-bond donors (Lipinski definition) is 3. The SMILES string of the molecule is CCNC(=O)NC(=O)C(C)OC(=O)c1ccc2nc(N)sc2c1. The predicted molar refractivity (Wildman–Crippen MR) is 86.1 cm³/mol. The van der Waals surface area contributed by atoms with E-state index in [0.29, 0.717) is 17.2 Å². The zero-order chi connectivity index (χ0) is 17.0. The van der Waals surface area contributed by atoms with E-state index in [0.717, 1.165) is 4.70 Å². The summed E-state index contributed by atoms with van der Waals surface area (Å²) in [6, 6.07) is 4.15. The number of benzene rings is 1. The molecule has 0 bridgehead atoms. The van der Waals surface area contributed by atoms with Gasteiger partial charge in [0.15, 0.2) is 11.2 Å². The van der Waals surface area contributed by atoms with Crippen LogP contribution in [0, 0.1) is 0 Å². The topological polar surface area (TPSA) is 123 Å². The van der Waals surface area contributed by atoms with Gasteiger partial charge in [0.05, 0.1) is 15.8 Å². The molecule has 0 saturated heterocycles. The minimum atomic E-state index is -1.10. The van der Waals surface area contributed by atoms with Crippen molar-refractivity contribution in [3.63, 3.8) is 0 Å². The summed E-state index contributed by atoms with van der Waals surface area (Å²) in [5.74, 6) is -1.37. The number of ether oxygens (including phenoxy) is 1. The summed E-state index contributed by atoms with van der Waals surface area (Å²) in [6.45, 7) is 3.48. The molecule has 0 aliphatic carbocycles. The number of urea groups is 1. The zero-order valence-corrected chi connectivity index (χ0v) is 13.4. The van der Waals surface area contributed by atoms with E-state index in [-0.39, 0.29) is 5.56 Å². The van der Waals surface area contributed by atoms with E-state index in [1.165, 1.54) is 24.3 Å². The van der Waals surface area contributed by atoms with E-state index in [2.05, 4.69) is 15.6 Å². The zero-order valence-electron chi connectivity index (χ0n) is 12.6. The number of thiazole rings is 1. The van der Waals surface area contributed by atoms with E-state index >= 15 is 0 Å². The molecule has 0 saturated carbocycles. The van der Waals surface area contributed by atoms with Crippen LogP contribution in [-0.2, 0) is 9.53 Å². The van der Waals surface area contributed by atoms with Gasteiger partial charge in [0.1, 0.15) is 0 Å². The molecule has 8 nitrogen and oxygen atoms in total. The number of carbonyl (C=O) groups is 3. The van der Waals surface area contributed by atoms with Gasteiger partial charge in [0.2, 0.25) is 0 Å². The van der Waals surface area contributed by atoms with Crippen LogP contribution in [-0.4, -0.2) is 35.5 Å². The first-order chi connectivity index (χ1) is 10.9. The normalized spacial score (nSPS) is 11.7. The minimum absolute atomic E-state index is 0.277. The number of carbonyl (C=O) groups excluding carboxylic acids is 3. The van der Waals surface area contributed by atoms with E-state index in [1.807, 2.05) is 0 Å². The van der Waals surface area contributed by atoms with Gasteiger partial charge in [0, 0.05) is 6.54 Å². The van der Waals surface area contributed by atoms with Crippen molar-refractivity contribution in [2.24, 2.45) is 0 Å². The standard InChI is InChI=1S/C14H16N4O4S/c1-3-16-14(21)18-11(19)7(2)22-12(20)8-4-5-9-10(6-8)23-13(15)17-9/h4-7H,3H2,1-2H3,(H2,15,17)(H2,16,18,19,21). The number of nitrogens with one attached hydrogen (secondary N) is 2. The van der Waals surface area contributed by atoms with Crippen molar-refractivity contribution >= 4 is 44.6 Å². The monoisotopic (exact) mass is 336 g/mol. The van der Waals surface area contributed by atoms with Gasteiger partial charge in [-0.05, 0) is 32.0 Å². The second-order valence-corrected chi connectivity index (χ2v) is 5.69. The van der Waals surface area contributed by atoms with Crippen LogP contribution in [0.15, 0.2) is 18.2 Å². The fraction of sp³-hybridized carbons (Fsp3) is 0.286. The Labute approximate surface area is 136 Å². The average Bonchev–Trinajstić information content (AvgIpc) is 2.86. The fourth-order valence-electron chi connectivity index (χ4n) is 1.77. The third-order valence-electron chi connectivity index (χ3n) is 2.87. The summed E-state index contributed by atoms with van der Waals surface area (Å²) in [6.07, 6.45) is -1.10. The highest BCUT2D eigenvalue weighted by atomic mass is 32.1. The molecule has 0 spiro atoms. The Morgan fingerprint density at radius 3 is 2.83 bits per heavy atom. The molecule has 0 radical (unpaired) electrons. The summed E-state index contributed by atoms with van der Waals surface area (Å²) in [5, 5.41) is 4.89. The number of aromatic nitrogens is 1. The van der Waals surface area contributed by atoms with Crippen LogP contribution in [0.3, 0.4) is 0 Å². The van der Waals surface area contributed by atoms with Gasteiger partial charge in [-0.2, -0.15) is 0 Å². The van der Waals surface area contributed by atoms with Gasteiger partial charge >= 0.3 is 12.0 Å². The van der Waals surface area contributed by atoms with E-state index in [4.69, 9.17) is 10.5 Å². The molecule has 23 heavy (non-hydrogen) atoms. The molecule has 0 aliphatic rings. The number of rotatable bonds is 4. The number of nitrogen functional groups attached to an aromatic ring is 1.